The van der Waals surface area contributed by atoms with Gasteiger partial charge in [0.1, 0.15) is 28.3 Å². The van der Waals surface area contributed by atoms with E-state index in [9.17, 15) is 14.4 Å². The molecule has 2 rings (SSSR count). The van der Waals surface area contributed by atoms with Crippen LogP contribution in [0.25, 0.3) is 0 Å². The van der Waals surface area contributed by atoms with E-state index < -0.39 is 17.9 Å². The molecule has 0 atom stereocenters. The quantitative estimate of drug-likeness (QED) is 0.468. The lowest BCUT2D eigenvalue weighted by Crippen LogP contribution is -2.20. The Morgan fingerprint density at radius 2 is 1.46 bits per heavy atom. The van der Waals surface area contributed by atoms with Gasteiger partial charge in [-0.05, 0) is 37.3 Å². The standard InChI is InChI=1S/C19H15NO6/c1-2-7-14(20)19(24)26-16-11-6-4-9-13(16)18(23)25-15-10-5-3-8-12(15)17(21)22/h2-11,20H,1H3,(H,21,22)/b7-2-,20-14?. The van der Waals surface area contributed by atoms with Gasteiger partial charge in [-0.1, -0.05) is 30.3 Å². The highest BCUT2D eigenvalue weighted by atomic mass is 16.6. The summed E-state index contributed by atoms with van der Waals surface area (Å²) in [5.41, 5.74) is -0.633. The second-order valence-electron chi connectivity index (χ2n) is 4.99. The Morgan fingerprint density at radius 1 is 0.923 bits per heavy atom. The molecule has 0 radical (unpaired) electrons. The SMILES string of the molecule is C/C=C\C(=N)C(=O)Oc1ccccc1C(=O)Oc1ccccc1C(=O)O. The van der Waals surface area contributed by atoms with Crippen molar-refractivity contribution < 1.29 is 29.0 Å². The van der Waals surface area contributed by atoms with Gasteiger partial charge in [-0.25, -0.2) is 14.4 Å². The fourth-order valence-corrected chi connectivity index (χ4v) is 2.00. The lowest BCUT2D eigenvalue weighted by molar-refractivity contribution is -0.126. The smallest absolute Gasteiger partial charge is 0.361 e. The van der Waals surface area contributed by atoms with Crippen LogP contribution in [0.4, 0.5) is 0 Å². The van der Waals surface area contributed by atoms with Crippen molar-refractivity contribution in [1.82, 2.24) is 0 Å². The summed E-state index contributed by atoms with van der Waals surface area (Å²) in [5, 5.41) is 16.7. The zero-order valence-corrected chi connectivity index (χ0v) is 13.8. The molecule has 0 unspecified atom stereocenters. The molecular formula is C19H15NO6. The number of hydrogen-bond donors (Lipinski definition) is 2. The Kier molecular flexibility index (Phi) is 6.00. The van der Waals surface area contributed by atoms with Gasteiger partial charge in [0.05, 0.1) is 0 Å². The molecule has 0 aromatic heterocycles. The molecular weight excluding hydrogens is 338 g/mol. The summed E-state index contributed by atoms with van der Waals surface area (Å²) in [6.07, 6.45) is 2.76. The highest BCUT2D eigenvalue weighted by Crippen LogP contribution is 2.23. The van der Waals surface area contributed by atoms with E-state index in [1.54, 1.807) is 13.0 Å². The number of carboxylic acids is 1. The van der Waals surface area contributed by atoms with Gasteiger partial charge in [-0.3, -0.25) is 5.41 Å². The first kappa shape index (κ1) is 18.6. The number of allylic oxidation sites excluding steroid dienone is 1. The average Bonchev–Trinajstić information content (AvgIpc) is 2.62. The maximum Gasteiger partial charge on any atom is 0.361 e. The highest BCUT2D eigenvalue weighted by molar-refractivity contribution is 6.40. The molecule has 0 fully saturated rings. The molecule has 0 saturated carbocycles. The molecule has 0 bridgehead atoms. The summed E-state index contributed by atoms with van der Waals surface area (Å²) >= 11 is 0. The molecule has 0 aliphatic carbocycles. The minimum absolute atomic E-state index is 0.0747. The first-order valence-electron chi connectivity index (χ1n) is 7.51. The molecule has 0 spiro atoms. The van der Waals surface area contributed by atoms with Gasteiger partial charge >= 0.3 is 17.9 Å². The normalized spacial score (nSPS) is 10.3. The van der Waals surface area contributed by atoms with Crippen LogP contribution in [0.1, 0.15) is 27.6 Å². The third kappa shape index (κ3) is 4.41. The molecule has 0 heterocycles. The van der Waals surface area contributed by atoms with Gasteiger partial charge in [-0.15, -0.1) is 0 Å². The summed E-state index contributed by atoms with van der Waals surface area (Å²) in [6.45, 7) is 1.65. The fraction of sp³-hybridized carbons (Fsp3) is 0.0526. The molecule has 0 aliphatic heterocycles. The third-order valence-electron chi connectivity index (χ3n) is 3.18. The van der Waals surface area contributed by atoms with Crippen LogP contribution in [-0.2, 0) is 4.79 Å². The van der Waals surface area contributed by atoms with E-state index in [0.29, 0.717) is 0 Å². The Morgan fingerprint density at radius 3 is 2.04 bits per heavy atom. The molecule has 2 aromatic carbocycles. The maximum absolute atomic E-state index is 12.4. The van der Waals surface area contributed by atoms with Gasteiger partial charge < -0.3 is 14.6 Å². The van der Waals surface area contributed by atoms with E-state index in [0.717, 1.165) is 0 Å². The largest absolute Gasteiger partial charge is 0.478 e. The maximum atomic E-state index is 12.4. The van der Waals surface area contributed by atoms with Crippen molar-refractivity contribution in [1.29, 1.82) is 5.41 Å². The van der Waals surface area contributed by atoms with E-state index in [2.05, 4.69) is 0 Å². The van der Waals surface area contributed by atoms with Crippen LogP contribution < -0.4 is 9.47 Å². The third-order valence-corrected chi connectivity index (χ3v) is 3.18. The van der Waals surface area contributed by atoms with Crippen molar-refractivity contribution in [3.05, 3.63) is 71.8 Å². The van der Waals surface area contributed by atoms with Crippen molar-refractivity contribution in [2.24, 2.45) is 0 Å². The van der Waals surface area contributed by atoms with Gasteiger partial charge in [-0.2, -0.15) is 0 Å². The first-order chi connectivity index (χ1) is 12.4. The van der Waals surface area contributed by atoms with Crippen LogP contribution >= 0.6 is 0 Å². The monoisotopic (exact) mass is 353 g/mol. The Labute approximate surface area is 149 Å². The second-order valence-corrected chi connectivity index (χ2v) is 4.99. The van der Waals surface area contributed by atoms with E-state index in [-0.39, 0.29) is 28.3 Å². The molecule has 2 aromatic rings. The number of carboxylic acid groups (broad SMARTS) is 1. The summed E-state index contributed by atoms with van der Waals surface area (Å²) in [4.78, 5) is 35.5. The van der Waals surface area contributed by atoms with E-state index in [1.165, 1.54) is 54.6 Å². The zero-order valence-electron chi connectivity index (χ0n) is 13.8. The molecule has 0 saturated heterocycles. The number of ether oxygens (including phenoxy) is 2. The van der Waals surface area contributed by atoms with Crippen LogP contribution in [0.5, 0.6) is 11.5 Å². The number of carbonyl (C=O) groups is 3. The van der Waals surface area contributed by atoms with Crippen LogP contribution in [0, 0.1) is 5.41 Å². The first-order valence-corrected chi connectivity index (χ1v) is 7.51. The number of aromatic carboxylic acids is 1. The summed E-state index contributed by atoms with van der Waals surface area (Å²) < 4.78 is 10.2. The molecule has 0 amide bonds. The van der Waals surface area contributed by atoms with Gasteiger partial charge in [0, 0.05) is 0 Å². The van der Waals surface area contributed by atoms with Crippen molar-refractivity contribution >= 4 is 23.6 Å². The van der Waals surface area contributed by atoms with Crippen molar-refractivity contribution in [3.63, 3.8) is 0 Å². The predicted molar refractivity (Wildman–Crippen MR) is 93.0 cm³/mol. The lowest BCUT2D eigenvalue weighted by atomic mass is 10.2. The Balaban J connectivity index is 2.27. The van der Waals surface area contributed by atoms with Crippen molar-refractivity contribution in [2.75, 3.05) is 0 Å². The highest BCUT2D eigenvalue weighted by Gasteiger charge is 2.20. The predicted octanol–water partition coefficient (Wildman–Crippen LogP) is 3.11. The number of para-hydroxylation sites is 2. The van der Waals surface area contributed by atoms with Gasteiger partial charge in [0.15, 0.2) is 0 Å². The molecule has 2 N–H and O–H groups in total. The summed E-state index contributed by atoms with van der Waals surface area (Å²) in [7, 11) is 0. The average molecular weight is 353 g/mol. The number of esters is 2. The topological polar surface area (TPSA) is 114 Å². The number of carbonyl (C=O) groups excluding carboxylic acids is 2. The zero-order chi connectivity index (χ0) is 19.1. The lowest BCUT2D eigenvalue weighted by Gasteiger charge is -2.10. The fourth-order valence-electron chi connectivity index (χ4n) is 2.00. The van der Waals surface area contributed by atoms with Crippen LogP contribution in [0.3, 0.4) is 0 Å². The van der Waals surface area contributed by atoms with Crippen LogP contribution in [-0.4, -0.2) is 28.7 Å². The molecule has 7 heteroatoms. The molecule has 132 valence electrons. The molecule has 0 aliphatic rings. The van der Waals surface area contributed by atoms with Crippen LogP contribution in [0.15, 0.2) is 60.7 Å². The van der Waals surface area contributed by atoms with E-state index in [4.69, 9.17) is 20.0 Å². The number of benzene rings is 2. The van der Waals surface area contributed by atoms with Gasteiger partial charge in [0.25, 0.3) is 0 Å². The number of nitrogens with one attached hydrogen (secondary N) is 1. The van der Waals surface area contributed by atoms with E-state index >= 15 is 0 Å². The molecule has 7 nitrogen and oxygen atoms in total. The minimum atomic E-state index is -1.24. The second kappa shape index (κ2) is 8.39. The number of rotatable bonds is 6. The van der Waals surface area contributed by atoms with Crippen molar-refractivity contribution in [3.8, 4) is 11.5 Å². The summed E-state index contributed by atoms with van der Waals surface area (Å²) in [6, 6.07) is 11.5. The summed E-state index contributed by atoms with van der Waals surface area (Å²) in [5.74, 6) is -3.29. The number of hydrogen-bond acceptors (Lipinski definition) is 6. The van der Waals surface area contributed by atoms with E-state index in [1.807, 2.05) is 0 Å². The van der Waals surface area contributed by atoms with Gasteiger partial charge in [0.2, 0.25) is 0 Å². The minimum Gasteiger partial charge on any atom is -0.478 e. The Hall–Kier alpha value is -3.74. The Bertz CT molecular complexity index is 900. The van der Waals surface area contributed by atoms with Crippen molar-refractivity contribution in [2.45, 2.75) is 6.92 Å². The molecule has 26 heavy (non-hydrogen) atoms. The van der Waals surface area contributed by atoms with Crippen LogP contribution in [0.2, 0.25) is 0 Å².